The average Bonchev–Trinajstić information content (AvgIpc) is 2.85. The standard InChI is InChI=1S/C31H46N2OS/c1-4-5-6-7-8-9-10-11-12-13-14-15-16-17-18-19-25-22-28-31(24-29(25)34)35-30-23-26(33(2)3)20-21-27(30)32-28/h20-24H,4-19H2,1-3H3. The molecule has 0 unspecified atom stereocenters. The number of fused-ring (bicyclic) bond motifs is 2. The van der Waals surface area contributed by atoms with Crippen LogP contribution in [-0.2, 0) is 6.42 Å². The molecule has 0 spiro atoms. The fourth-order valence-electron chi connectivity index (χ4n) is 4.85. The highest BCUT2D eigenvalue weighted by Crippen LogP contribution is 2.32. The van der Waals surface area contributed by atoms with Crippen LogP contribution in [0.1, 0.15) is 109 Å². The van der Waals surface area contributed by atoms with Gasteiger partial charge in [0.1, 0.15) is 0 Å². The molecule has 0 amide bonds. The zero-order chi connectivity index (χ0) is 24.9. The molecule has 0 aromatic heterocycles. The molecule has 1 aliphatic heterocycles. The van der Waals surface area contributed by atoms with E-state index in [-0.39, 0.29) is 5.43 Å². The second-order valence-electron chi connectivity index (χ2n) is 10.4. The van der Waals surface area contributed by atoms with Crippen molar-refractivity contribution in [3.05, 3.63) is 46.1 Å². The summed E-state index contributed by atoms with van der Waals surface area (Å²) in [5, 5.41) is 0. The number of nitrogens with zero attached hydrogens (tertiary/aromatic N) is 2. The monoisotopic (exact) mass is 494 g/mol. The molecule has 1 heterocycles. The van der Waals surface area contributed by atoms with Crippen LogP contribution in [-0.4, -0.2) is 19.1 Å². The van der Waals surface area contributed by atoms with Gasteiger partial charge in [-0.25, -0.2) is 4.98 Å². The number of unbranched alkanes of at least 4 members (excludes halogenated alkanes) is 14. The number of rotatable bonds is 17. The van der Waals surface area contributed by atoms with Gasteiger partial charge in [-0.3, -0.25) is 4.79 Å². The predicted octanol–water partition coefficient (Wildman–Crippen LogP) is 9.24. The summed E-state index contributed by atoms with van der Waals surface area (Å²) in [7, 11) is 4.08. The number of benzene rings is 2. The molecule has 4 heteroatoms. The lowest BCUT2D eigenvalue weighted by molar-refractivity contribution is 0.532. The van der Waals surface area contributed by atoms with Crippen molar-refractivity contribution in [2.24, 2.45) is 0 Å². The topological polar surface area (TPSA) is 33.2 Å². The second kappa shape index (κ2) is 15.2. The van der Waals surface area contributed by atoms with Crippen LogP contribution in [0.4, 0.5) is 5.69 Å². The van der Waals surface area contributed by atoms with E-state index < -0.39 is 0 Å². The highest BCUT2D eigenvalue weighted by Gasteiger charge is 2.12. The van der Waals surface area contributed by atoms with Crippen molar-refractivity contribution in [1.82, 2.24) is 4.98 Å². The van der Waals surface area contributed by atoms with Gasteiger partial charge >= 0.3 is 0 Å². The Balaban J connectivity index is 1.33. The Hall–Kier alpha value is -1.94. The lowest BCUT2D eigenvalue weighted by Crippen LogP contribution is -2.09. The van der Waals surface area contributed by atoms with Crippen molar-refractivity contribution in [2.75, 3.05) is 19.0 Å². The molecule has 1 aliphatic carbocycles. The molecule has 192 valence electrons. The van der Waals surface area contributed by atoms with Crippen molar-refractivity contribution >= 4 is 27.2 Å². The van der Waals surface area contributed by atoms with Crippen LogP contribution < -0.4 is 10.3 Å². The fourth-order valence-corrected chi connectivity index (χ4v) is 5.86. The molecule has 0 bridgehead atoms. The molecule has 35 heavy (non-hydrogen) atoms. The quantitative estimate of drug-likeness (QED) is 0.138. The van der Waals surface area contributed by atoms with Crippen molar-refractivity contribution < 1.29 is 0 Å². The van der Waals surface area contributed by atoms with Crippen molar-refractivity contribution in [3.8, 4) is 10.6 Å². The Morgan fingerprint density at radius 3 is 1.89 bits per heavy atom. The molecule has 3 rings (SSSR count). The van der Waals surface area contributed by atoms with Gasteiger partial charge in [-0.2, -0.15) is 0 Å². The Kier molecular flexibility index (Phi) is 12.0. The van der Waals surface area contributed by atoms with Crippen LogP contribution in [0.2, 0.25) is 0 Å². The fraction of sp³-hybridized carbons (Fsp3) is 0.613. The predicted molar refractivity (Wildman–Crippen MR) is 155 cm³/mol. The molecule has 3 nitrogen and oxygen atoms in total. The maximum absolute atomic E-state index is 12.7. The number of aromatic nitrogens is 1. The van der Waals surface area contributed by atoms with Gasteiger partial charge in [0.05, 0.1) is 20.8 Å². The zero-order valence-electron chi connectivity index (χ0n) is 22.4. The van der Waals surface area contributed by atoms with Gasteiger partial charge in [0, 0.05) is 31.4 Å². The minimum Gasteiger partial charge on any atom is -0.378 e. The molecule has 2 aliphatic rings. The van der Waals surface area contributed by atoms with Gasteiger partial charge in [0.15, 0.2) is 5.43 Å². The molecule has 0 radical (unpaired) electrons. The molecule has 0 N–H and O–H groups in total. The Labute approximate surface area is 217 Å². The van der Waals surface area contributed by atoms with Crippen LogP contribution in [0, 0.1) is 0 Å². The highest BCUT2D eigenvalue weighted by molar-refractivity contribution is 7.21. The Morgan fingerprint density at radius 1 is 0.743 bits per heavy atom. The van der Waals surface area contributed by atoms with E-state index in [2.05, 4.69) is 30.0 Å². The summed E-state index contributed by atoms with van der Waals surface area (Å²) >= 11 is 1.67. The Morgan fingerprint density at radius 2 is 1.31 bits per heavy atom. The van der Waals surface area contributed by atoms with Crippen LogP contribution in [0.3, 0.4) is 0 Å². The van der Waals surface area contributed by atoms with E-state index in [1.165, 1.54) is 89.9 Å². The largest absolute Gasteiger partial charge is 0.378 e. The summed E-state index contributed by atoms with van der Waals surface area (Å²) in [4.78, 5) is 20.6. The second-order valence-corrected chi connectivity index (χ2v) is 11.5. The summed E-state index contributed by atoms with van der Waals surface area (Å²) in [5.41, 5.74) is 4.21. The van der Waals surface area contributed by atoms with Gasteiger partial charge < -0.3 is 4.90 Å². The first kappa shape index (κ1) is 27.6. The van der Waals surface area contributed by atoms with Gasteiger partial charge in [-0.05, 0) is 37.1 Å². The van der Waals surface area contributed by atoms with E-state index in [0.717, 1.165) is 44.9 Å². The van der Waals surface area contributed by atoms with Crippen LogP contribution in [0.5, 0.6) is 0 Å². The molecule has 0 atom stereocenters. The summed E-state index contributed by atoms with van der Waals surface area (Å²) in [5.74, 6) is 0. The first-order valence-electron chi connectivity index (χ1n) is 14.1. The van der Waals surface area contributed by atoms with Crippen LogP contribution in [0.15, 0.2) is 35.1 Å². The minimum absolute atomic E-state index is 0.170. The maximum Gasteiger partial charge on any atom is 0.183 e. The molecular formula is C31H46N2OS. The lowest BCUT2D eigenvalue weighted by atomic mass is 10.0. The summed E-state index contributed by atoms with van der Waals surface area (Å²) < 4.78 is 1.12. The first-order chi connectivity index (χ1) is 17.1. The van der Waals surface area contributed by atoms with E-state index in [4.69, 9.17) is 4.98 Å². The number of anilines is 1. The van der Waals surface area contributed by atoms with Gasteiger partial charge in [-0.1, -0.05) is 96.8 Å². The molecule has 1 aromatic rings. The van der Waals surface area contributed by atoms with Gasteiger partial charge in [0.25, 0.3) is 0 Å². The third kappa shape index (κ3) is 9.22. The highest BCUT2D eigenvalue weighted by atomic mass is 32.1. The third-order valence-electron chi connectivity index (χ3n) is 7.11. The Bertz CT molecular complexity index is 1040. The maximum atomic E-state index is 12.7. The van der Waals surface area contributed by atoms with Crippen molar-refractivity contribution in [1.29, 1.82) is 0 Å². The van der Waals surface area contributed by atoms with Crippen molar-refractivity contribution in [2.45, 2.75) is 110 Å². The SMILES string of the molecule is CCCCCCCCCCCCCCCCCc1cc2nc3ccc(N(C)C)cc3sc-2cc1=O. The first-order valence-corrected chi connectivity index (χ1v) is 14.9. The summed E-state index contributed by atoms with van der Waals surface area (Å²) in [6.07, 6.45) is 21.3. The average molecular weight is 495 g/mol. The van der Waals surface area contributed by atoms with Gasteiger partial charge in [-0.15, -0.1) is 11.3 Å². The van der Waals surface area contributed by atoms with Crippen LogP contribution >= 0.6 is 11.3 Å². The summed E-state index contributed by atoms with van der Waals surface area (Å²) in [6.45, 7) is 2.28. The van der Waals surface area contributed by atoms with E-state index in [1.807, 2.05) is 20.2 Å². The smallest absolute Gasteiger partial charge is 0.183 e. The van der Waals surface area contributed by atoms with Gasteiger partial charge in [0.2, 0.25) is 0 Å². The molecular weight excluding hydrogens is 448 g/mol. The van der Waals surface area contributed by atoms with Crippen LogP contribution in [0.25, 0.3) is 20.8 Å². The lowest BCUT2D eigenvalue weighted by Gasteiger charge is -2.14. The molecule has 1 aromatic carbocycles. The zero-order valence-corrected chi connectivity index (χ0v) is 23.2. The third-order valence-corrected chi connectivity index (χ3v) is 8.21. The number of aryl methyl sites for hydroxylation is 1. The normalized spacial score (nSPS) is 11.5. The number of hydrogen-bond acceptors (Lipinski definition) is 4. The van der Waals surface area contributed by atoms with E-state index in [9.17, 15) is 4.79 Å². The minimum atomic E-state index is 0.170. The van der Waals surface area contributed by atoms with E-state index >= 15 is 0 Å². The van der Waals surface area contributed by atoms with E-state index in [0.29, 0.717) is 0 Å². The molecule has 0 saturated carbocycles. The number of hydrogen-bond donors (Lipinski definition) is 0. The van der Waals surface area contributed by atoms with Crippen molar-refractivity contribution in [3.63, 3.8) is 0 Å². The molecule has 0 fully saturated rings. The summed E-state index contributed by atoms with van der Waals surface area (Å²) in [6, 6.07) is 10.2. The van der Waals surface area contributed by atoms with E-state index in [1.54, 1.807) is 17.4 Å². The molecule has 0 saturated heterocycles.